The molecule has 0 unspecified atom stereocenters. The van der Waals surface area contributed by atoms with Crippen LogP contribution in [0.15, 0.2) is 90.8 Å². The molecule has 0 aliphatic rings. The van der Waals surface area contributed by atoms with Gasteiger partial charge in [-0.05, 0) is 100 Å². The number of hydrogen-bond donors (Lipinski definition) is 1. The van der Waals surface area contributed by atoms with E-state index < -0.39 is 0 Å². The molecule has 0 aliphatic heterocycles. The Hall–Kier alpha value is -4.82. The molecule has 0 aliphatic carbocycles. The zero-order valence-electron chi connectivity index (χ0n) is 35.8. The van der Waals surface area contributed by atoms with Crippen molar-refractivity contribution < 1.29 is 30.0 Å². The zero-order valence-corrected chi connectivity index (χ0v) is 38.2. The molecule has 3 aromatic heterocycles. The maximum absolute atomic E-state index is 11.7. The number of aromatic nitrogens is 2. The maximum Gasteiger partial charge on any atom is 0.162 e. The molecular weight excluding hydrogens is 891 g/mol. The van der Waals surface area contributed by atoms with E-state index in [9.17, 15) is 15.2 Å². The maximum atomic E-state index is 11.7. The molecule has 7 rings (SSSR count). The Balaban J connectivity index is 0.000000344. The number of fused-ring (bicyclic) bond motifs is 9. The third-order valence-corrected chi connectivity index (χ3v) is 11.9. The second-order valence-electron chi connectivity index (χ2n) is 16.5. The minimum absolute atomic E-state index is 0. The van der Waals surface area contributed by atoms with Crippen molar-refractivity contribution in [3.05, 3.63) is 119 Å². The van der Waals surface area contributed by atoms with Crippen molar-refractivity contribution in [2.75, 3.05) is 0 Å². The van der Waals surface area contributed by atoms with Crippen LogP contribution >= 0.6 is 0 Å². The van der Waals surface area contributed by atoms with Gasteiger partial charge in [0, 0.05) is 66.2 Å². The molecule has 0 spiro atoms. The summed E-state index contributed by atoms with van der Waals surface area (Å²) in [7, 11) is 0. The van der Waals surface area contributed by atoms with Gasteiger partial charge in [0.2, 0.25) is 0 Å². The monoisotopic (exact) mass is 949 g/mol. The smallest absolute Gasteiger partial charge is 0.162 e. The average Bonchev–Trinajstić information content (AvgIpc) is 3.61. The van der Waals surface area contributed by atoms with Gasteiger partial charge in [-0.15, -0.1) is 17.5 Å². The number of rotatable bonds is 11. The quantitative estimate of drug-likeness (QED) is 0.0461. The van der Waals surface area contributed by atoms with E-state index in [2.05, 4.69) is 119 Å². The number of carbonyl (C=O) groups is 1. The van der Waals surface area contributed by atoms with Crippen molar-refractivity contribution in [2.45, 2.75) is 113 Å². The number of pyridine rings is 2. The van der Waals surface area contributed by atoms with Crippen molar-refractivity contribution in [1.82, 2.24) is 9.38 Å². The summed E-state index contributed by atoms with van der Waals surface area (Å²) >= 11 is 0. The average molecular weight is 949 g/mol. The predicted molar refractivity (Wildman–Crippen MR) is 240 cm³/mol. The van der Waals surface area contributed by atoms with E-state index in [-0.39, 0.29) is 43.5 Å². The number of nitrogens with zero attached hydrogens (tertiary/aromatic N) is 3. The molecule has 0 atom stereocenters. The van der Waals surface area contributed by atoms with E-state index >= 15 is 0 Å². The Morgan fingerprint density at radius 3 is 2.00 bits per heavy atom. The SMILES string of the molecule is CC(C)c1cc(C(C)C)c(-c2cccc3c2cc2c4cc(C#N)cnc4c4[c-]c5ccccc5cc4n32)c(C(C)C)c1.CCC(CC)C(=O)/C=C(\O)C(CC)CC.[Ir]. The van der Waals surface area contributed by atoms with Gasteiger partial charge in [0.05, 0.1) is 11.3 Å². The fourth-order valence-corrected chi connectivity index (χ4v) is 8.38. The number of ketones is 1. The van der Waals surface area contributed by atoms with E-state index in [4.69, 9.17) is 4.98 Å². The number of aliphatic hydroxyl groups is 1. The van der Waals surface area contributed by atoms with E-state index in [0.717, 1.165) is 69.3 Å². The molecule has 7 aromatic rings. The summed E-state index contributed by atoms with van der Waals surface area (Å²) in [6.07, 6.45) is 6.58. The summed E-state index contributed by atoms with van der Waals surface area (Å²) in [6.45, 7) is 21.9. The molecule has 0 saturated heterocycles. The second-order valence-corrected chi connectivity index (χ2v) is 16.5. The summed E-state index contributed by atoms with van der Waals surface area (Å²) in [5.41, 5.74) is 11.5. The molecule has 303 valence electrons. The van der Waals surface area contributed by atoms with Gasteiger partial charge in [-0.3, -0.25) is 9.78 Å². The Labute approximate surface area is 358 Å². The van der Waals surface area contributed by atoms with E-state index in [1.807, 2.05) is 39.8 Å². The first-order chi connectivity index (χ1) is 27.4. The Morgan fingerprint density at radius 2 is 1.41 bits per heavy atom. The fourth-order valence-electron chi connectivity index (χ4n) is 8.38. The second kappa shape index (κ2) is 18.8. The number of hydrogen-bond acceptors (Lipinski definition) is 4. The van der Waals surface area contributed by atoms with Gasteiger partial charge in [-0.2, -0.15) is 5.26 Å². The summed E-state index contributed by atoms with van der Waals surface area (Å²) in [6, 6.07) is 32.5. The van der Waals surface area contributed by atoms with Crippen LogP contribution < -0.4 is 0 Å². The predicted octanol–water partition coefficient (Wildman–Crippen LogP) is 14.5. The van der Waals surface area contributed by atoms with Gasteiger partial charge >= 0.3 is 0 Å². The van der Waals surface area contributed by atoms with Crippen molar-refractivity contribution in [3.63, 3.8) is 0 Å². The normalized spacial score (nSPS) is 12.1. The summed E-state index contributed by atoms with van der Waals surface area (Å²) < 4.78 is 2.36. The molecule has 0 amide bonds. The molecule has 4 aromatic carbocycles. The number of nitriles is 1. The molecule has 5 nitrogen and oxygen atoms in total. The first kappa shape index (κ1) is 44.3. The third kappa shape index (κ3) is 8.49. The topological polar surface area (TPSA) is 78.4 Å². The van der Waals surface area contributed by atoms with E-state index in [1.165, 1.54) is 39.3 Å². The molecule has 3 heterocycles. The van der Waals surface area contributed by atoms with Gasteiger partial charge in [0.25, 0.3) is 0 Å². The van der Waals surface area contributed by atoms with Crippen LogP contribution in [0, 0.1) is 29.2 Å². The van der Waals surface area contributed by atoms with Crippen LogP contribution in [0.5, 0.6) is 0 Å². The van der Waals surface area contributed by atoms with E-state index in [0.29, 0.717) is 23.3 Å². The van der Waals surface area contributed by atoms with Gasteiger partial charge in [-0.1, -0.05) is 129 Å². The number of benzene rings is 4. The van der Waals surface area contributed by atoms with Crippen LogP contribution in [-0.4, -0.2) is 20.3 Å². The van der Waals surface area contributed by atoms with Crippen LogP contribution in [0.3, 0.4) is 0 Å². The molecule has 1 radical (unpaired) electrons. The Bertz CT molecular complexity index is 2640. The Kier molecular flexibility index (Phi) is 14.4. The van der Waals surface area contributed by atoms with Gasteiger partial charge in [0.1, 0.15) is 6.07 Å². The third-order valence-electron chi connectivity index (χ3n) is 11.9. The van der Waals surface area contributed by atoms with Crippen LogP contribution in [0.4, 0.5) is 0 Å². The summed E-state index contributed by atoms with van der Waals surface area (Å²) in [5.74, 6) is 1.78. The van der Waals surface area contributed by atoms with Crippen LogP contribution in [0.2, 0.25) is 0 Å². The largest absolute Gasteiger partial charge is 0.512 e. The number of carbonyl (C=O) groups excluding carboxylic acids is 1. The van der Waals surface area contributed by atoms with Crippen LogP contribution in [0.25, 0.3) is 60.1 Å². The number of allylic oxidation sites excluding steroid dienone is 2. The molecule has 6 heteroatoms. The summed E-state index contributed by atoms with van der Waals surface area (Å²) in [5, 5.41) is 24.9. The summed E-state index contributed by atoms with van der Waals surface area (Å²) in [4.78, 5) is 16.5. The first-order valence-corrected chi connectivity index (χ1v) is 21.0. The minimum atomic E-state index is 0. The van der Waals surface area contributed by atoms with Gasteiger partial charge in [-0.25, -0.2) is 0 Å². The Morgan fingerprint density at radius 1 is 0.776 bits per heavy atom. The first-order valence-electron chi connectivity index (χ1n) is 21.0. The van der Waals surface area contributed by atoms with Crippen LogP contribution in [0.1, 0.15) is 135 Å². The number of aliphatic hydroxyl groups excluding tert-OH is 1. The van der Waals surface area contributed by atoms with Crippen molar-refractivity contribution in [2.24, 2.45) is 11.8 Å². The molecule has 0 bridgehead atoms. The fraction of sp³-hybridized carbons (Fsp3) is 0.365. The molecule has 58 heavy (non-hydrogen) atoms. The van der Waals surface area contributed by atoms with Crippen LogP contribution in [-0.2, 0) is 24.9 Å². The van der Waals surface area contributed by atoms with Crippen molar-refractivity contribution in [3.8, 4) is 17.2 Å². The zero-order chi connectivity index (χ0) is 41.1. The van der Waals surface area contributed by atoms with Crippen molar-refractivity contribution in [1.29, 1.82) is 5.26 Å². The standard InChI is InChI=1S/C39H34N3.C13H24O2.Ir/c1-22(2)28-16-30(23(3)4)38(31(17-28)24(5)6)29-12-9-13-35-32(29)19-37-33-14-25(20-40)21-41-39(33)34-15-26-10-7-8-11-27(26)18-36(34)42(35)37;1-5-10(6-2)12(14)9-13(15)11(7-3)8-4;/h7-14,16-19,21-24H,1-6H3;9-11,14H,5-8H2,1-4H3;/q-1;;/b;12-9-;. The minimum Gasteiger partial charge on any atom is -0.512 e. The molecular formula is C52H58IrN3O2-. The molecule has 0 fully saturated rings. The van der Waals surface area contributed by atoms with E-state index in [1.54, 1.807) is 6.20 Å². The van der Waals surface area contributed by atoms with Gasteiger partial charge < -0.3 is 9.51 Å². The van der Waals surface area contributed by atoms with Gasteiger partial charge in [0.15, 0.2) is 5.78 Å². The van der Waals surface area contributed by atoms with Crippen molar-refractivity contribution >= 4 is 54.8 Å². The molecule has 0 saturated carbocycles. The molecule has 1 N–H and O–H groups in total.